The van der Waals surface area contributed by atoms with Crippen LogP contribution >= 0.6 is 0 Å². The molecule has 0 bridgehead atoms. The van der Waals surface area contributed by atoms with Crippen LogP contribution in [-0.4, -0.2) is 146 Å². The molecule has 3 aliphatic heterocycles. The van der Waals surface area contributed by atoms with E-state index in [2.05, 4.69) is 25.3 Å². The number of carboxylic acid groups (broad SMARTS) is 4. The van der Waals surface area contributed by atoms with E-state index in [-0.39, 0.29) is 123 Å². The fourth-order valence-electron chi connectivity index (χ4n) is 8.18. The van der Waals surface area contributed by atoms with Gasteiger partial charge in [0, 0.05) is 54.3 Å². The molecule has 69 heavy (non-hydrogen) atoms. The number of halogens is 1. The smallest absolute Gasteiger partial charge is 1.00 e. The summed E-state index contributed by atoms with van der Waals surface area (Å²) >= 11 is 0. The van der Waals surface area contributed by atoms with Crippen molar-refractivity contribution in [2.75, 3.05) is 39.7 Å². The molecule has 4 aromatic rings. The number of anilines is 5. The summed E-state index contributed by atoms with van der Waals surface area (Å²) in [4.78, 5) is 122. The number of nitrogens with zero attached hydrogens (tertiary/aromatic N) is 5. The Bertz CT molecular complexity index is 2730. The Kier molecular flexibility index (Phi) is 19.5. The van der Waals surface area contributed by atoms with E-state index in [9.17, 15) is 58.5 Å². The number of H-pyrrole nitrogens is 2. The van der Waals surface area contributed by atoms with Gasteiger partial charge in [-0.25, -0.2) is 14.5 Å². The Hall–Kier alpha value is -6.69. The number of aryl methyl sites for hydroxylation is 2. The average molecular weight is 999 g/mol. The van der Waals surface area contributed by atoms with Gasteiger partial charge in [0.25, 0.3) is 5.56 Å². The zero-order chi connectivity index (χ0) is 48.5. The quantitative estimate of drug-likeness (QED) is 0.0203. The number of benzene rings is 2. The molecule has 2 aromatic carbocycles. The summed E-state index contributed by atoms with van der Waals surface area (Å²) < 4.78 is 1.84. The summed E-state index contributed by atoms with van der Waals surface area (Å²) in [5.74, 6) is -7.74. The monoisotopic (exact) mass is 998 g/mol. The third kappa shape index (κ3) is 14.0. The molecule has 23 nitrogen and oxygen atoms in total. The number of nitrogen functional groups attached to an aromatic ring is 2. The fraction of sp³-hybridized carbons (Fsp3) is 0.364. The Morgan fingerprint density at radius 3 is 2.04 bits per heavy atom. The van der Waals surface area contributed by atoms with Crippen LogP contribution in [0.5, 0.6) is 0 Å². The molecule has 3 aliphatic rings. The molecule has 7 rings (SSSR count). The average Bonchev–Trinajstić information content (AvgIpc) is 3.72. The molecule has 2 aromatic heterocycles. The molecule has 25 heteroatoms. The maximum absolute atomic E-state index is 12.5. The van der Waals surface area contributed by atoms with Crippen molar-refractivity contribution in [2.24, 2.45) is 11.8 Å². The number of Topliss-reactive ketones (excluding diaryl/α,β-unsaturated/α-hetero) is 2. The maximum Gasteiger partial charge on any atom is 2.00 e. The molecule has 1 amide bonds. The van der Waals surface area contributed by atoms with E-state index in [1.54, 1.807) is 54.9 Å². The molecule has 5 heterocycles. The minimum absolute atomic E-state index is 0. The van der Waals surface area contributed by atoms with Crippen LogP contribution in [0.3, 0.4) is 0 Å². The minimum atomic E-state index is -1.48. The van der Waals surface area contributed by atoms with Crippen LogP contribution in [-0.2, 0) is 36.8 Å². The van der Waals surface area contributed by atoms with Crippen molar-refractivity contribution in [3.63, 3.8) is 0 Å². The normalized spacial score (nSPS) is 16.1. The van der Waals surface area contributed by atoms with Crippen LogP contribution in [0.1, 0.15) is 83.3 Å². The first-order chi connectivity index (χ1) is 31.9. The predicted octanol–water partition coefficient (Wildman–Crippen LogP) is -4.17. The van der Waals surface area contributed by atoms with Crippen molar-refractivity contribution in [3.8, 4) is 0 Å². The van der Waals surface area contributed by atoms with E-state index < -0.39 is 53.5 Å². The van der Waals surface area contributed by atoms with Crippen molar-refractivity contribution in [2.45, 2.75) is 76.3 Å². The van der Waals surface area contributed by atoms with Crippen molar-refractivity contribution < 1.29 is 71.0 Å². The maximum atomic E-state index is 12.5. The summed E-state index contributed by atoms with van der Waals surface area (Å²) in [7, 11) is 0. The van der Waals surface area contributed by atoms with Gasteiger partial charge in [0.15, 0.2) is 23.4 Å². The van der Waals surface area contributed by atoms with Gasteiger partial charge in [0.2, 0.25) is 30.3 Å². The minimum Gasteiger partial charge on any atom is -1.00 e. The van der Waals surface area contributed by atoms with E-state index in [1.165, 1.54) is 4.90 Å². The van der Waals surface area contributed by atoms with Crippen LogP contribution in [0.15, 0.2) is 58.1 Å². The number of hydrogen-bond donors (Lipinski definition) is 7. The number of carboxylic acids is 4. The van der Waals surface area contributed by atoms with Gasteiger partial charge < -0.3 is 64.1 Å². The second kappa shape index (κ2) is 24.5. The SMILES string of the molecule is Nc1nc2c(c(=O)[nH]1)N(C=O)[C@@H](CCc1ccc(C(=O)C[C@@H](CCC(=O)[O-])C(=O)[O-])cc1)CC2.Nc1nc2c(c(=O)[nH]1)[N+]1=CN(c3ccc(C(=O)C[C@@H](CCC(=O)O)C(=O)O)cc3)C[C@H]1CN2.[Ca+2].[Cl-]. The second-order valence-electron chi connectivity index (χ2n) is 16.2. The summed E-state index contributed by atoms with van der Waals surface area (Å²) in [6.07, 6.45) is 2.95. The van der Waals surface area contributed by atoms with Gasteiger partial charge in [-0.1, -0.05) is 24.3 Å². The molecule has 0 radical (unpaired) electrons. The van der Waals surface area contributed by atoms with Crippen molar-refractivity contribution in [1.82, 2.24) is 19.9 Å². The molecule has 0 spiro atoms. The molecule has 0 fully saturated rings. The Balaban J connectivity index is 0.000000292. The van der Waals surface area contributed by atoms with Crippen LogP contribution in [0.4, 0.5) is 34.8 Å². The van der Waals surface area contributed by atoms with E-state index in [0.717, 1.165) is 11.3 Å². The van der Waals surface area contributed by atoms with E-state index in [0.29, 0.717) is 73.5 Å². The van der Waals surface area contributed by atoms with Gasteiger partial charge in [0.1, 0.15) is 17.9 Å². The molecular formula is C44H47CaClN10O13. The Labute approximate surface area is 428 Å². The van der Waals surface area contributed by atoms with Gasteiger partial charge >= 0.3 is 55.2 Å². The first-order valence-electron chi connectivity index (χ1n) is 21.2. The van der Waals surface area contributed by atoms with E-state index in [1.807, 2.05) is 9.48 Å². The number of hydrogen-bond acceptors (Lipinski definition) is 17. The third-order valence-corrected chi connectivity index (χ3v) is 11.7. The predicted molar refractivity (Wildman–Crippen MR) is 240 cm³/mol. The molecule has 0 aliphatic carbocycles. The number of rotatable bonds is 19. The standard InChI is InChI=1S/C23H26N4O7.C21H22N6O6.Ca.ClH/c24-23-25-17-9-8-16(27(12-28)20(17)21(32)26-23)7-3-13-1-4-14(5-2-13)18(29)11-15(22(33)34)6-10-19(30)31;22-21-24-18-17(19(31)25-21)27-10-26(9-14(27)8-23-18)13-4-1-11(2-5-13)15(28)7-12(20(32)33)3-6-16(29)30;;/h1-2,4-5,12,15-16H,3,6-11H2,(H,30,31)(H,33,34)(H3,24,25,26,32);1-2,4-5,10,12,14H,3,6-9H2,(H5-,22,23,24,25,29,30,31,32,33);;1H/q;;+2;/p-2/t15-,16+;12-,14-;;/m11../s1. The van der Waals surface area contributed by atoms with Gasteiger partial charge in [-0.05, 0) is 74.8 Å². The van der Waals surface area contributed by atoms with Crippen molar-refractivity contribution in [1.29, 1.82) is 0 Å². The fourth-order valence-corrected chi connectivity index (χ4v) is 8.18. The largest absolute Gasteiger partial charge is 2.00 e. The zero-order valence-corrected chi connectivity index (χ0v) is 39.9. The first kappa shape index (κ1) is 54.9. The zero-order valence-electron chi connectivity index (χ0n) is 36.9. The van der Waals surface area contributed by atoms with E-state index >= 15 is 0 Å². The number of ketones is 2. The molecule has 0 unspecified atom stereocenters. The van der Waals surface area contributed by atoms with Gasteiger partial charge in [0.05, 0.1) is 18.2 Å². The molecule has 9 N–H and O–H groups in total. The molecule has 0 saturated carbocycles. The Morgan fingerprint density at radius 2 is 1.45 bits per heavy atom. The van der Waals surface area contributed by atoms with Gasteiger partial charge in [-0.3, -0.25) is 43.5 Å². The first-order valence-corrected chi connectivity index (χ1v) is 21.2. The molecule has 0 saturated heterocycles. The summed E-state index contributed by atoms with van der Waals surface area (Å²) in [6.45, 7) is 1.17. The number of nitrogens with one attached hydrogen (secondary N) is 3. The van der Waals surface area contributed by atoms with Crippen LogP contribution in [0.2, 0.25) is 0 Å². The number of carbonyl (C=O) groups excluding carboxylic acids is 5. The number of aromatic nitrogens is 4. The van der Waals surface area contributed by atoms with Gasteiger partial charge in [-0.15, -0.1) is 0 Å². The molecule has 360 valence electrons. The number of amides is 1. The van der Waals surface area contributed by atoms with Crippen molar-refractivity contribution >= 4 is 121 Å². The third-order valence-electron chi connectivity index (χ3n) is 11.7. The van der Waals surface area contributed by atoms with Crippen LogP contribution < -0.4 is 60.3 Å². The molecule has 4 atom stereocenters. The van der Waals surface area contributed by atoms with Crippen LogP contribution in [0, 0.1) is 11.8 Å². The summed E-state index contributed by atoms with van der Waals surface area (Å²) in [5.41, 5.74) is 13.8. The number of aromatic amines is 2. The molecular weight excluding hydrogens is 952 g/mol. The summed E-state index contributed by atoms with van der Waals surface area (Å²) in [5, 5.41) is 42.9. The van der Waals surface area contributed by atoms with Crippen molar-refractivity contribution in [3.05, 3.63) is 91.6 Å². The topological polar surface area (TPSA) is 371 Å². The number of nitrogens with two attached hydrogens (primary N) is 2. The Morgan fingerprint density at radius 1 is 0.855 bits per heavy atom. The second-order valence-corrected chi connectivity index (χ2v) is 16.2. The number of aliphatic carboxylic acids is 4. The van der Waals surface area contributed by atoms with Crippen LogP contribution in [0.25, 0.3) is 0 Å². The number of fused-ring (bicyclic) bond motifs is 4. The summed E-state index contributed by atoms with van der Waals surface area (Å²) in [6, 6.07) is 13.1. The van der Waals surface area contributed by atoms with Gasteiger partial charge in [-0.2, -0.15) is 4.98 Å². The van der Waals surface area contributed by atoms with E-state index in [4.69, 9.17) is 16.6 Å². The number of carbonyl (C=O) groups is 7.